The molecule has 0 bridgehead atoms. The fourth-order valence-electron chi connectivity index (χ4n) is 5.68. The number of rotatable bonds is 8. The molecule has 1 atom stereocenters. The van der Waals surface area contributed by atoms with Crippen LogP contribution in [-0.4, -0.2) is 59.3 Å². The summed E-state index contributed by atoms with van der Waals surface area (Å²) in [5, 5.41) is 2.85. The van der Waals surface area contributed by atoms with Gasteiger partial charge >= 0.3 is 5.97 Å². The Hall–Kier alpha value is -4.60. The summed E-state index contributed by atoms with van der Waals surface area (Å²) in [6, 6.07) is 12.2. The molecule has 0 spiro atoms. The molecule has 9 nitrogen and oxygen atoms in total. The number of benzene rings is 2. The lowest BCUT2D eigenvalue weighted by molar-refractivity contribution is -0.165. The van der Waals surface area contributed by atoms with Gasteiger partial charge in [0.15, 0.2) is 0 Å². The maximum absolute atomic E-state index is 14.7. The number of nitrogens with zero attached hydrogens (tertiary/aromatic N) is 3. The van der Waals surface area contributed by atoms with Gasteiger partial charge in [0.2, 0.25) is 5.91 Å². The van der Waals surface area contributed by atoms with Crippen LogP contribution in [0.2, 0.25) is 0 Å². The van der Waals surface area contributed by atoms with Crippen molar-refractivity contribution in [3.05, 3.63) is 83.4 Å². The van der Waals surface area contributed by atoms with Gasteiger partial charge in [-0.25, -0.2) is 4.39 Å². The van der Waals surface area contributed by atoms with Gasteiger partial charge in [-0.3, -0.25) is 24.2 Å². The number of amides is 3. The molecule has 3 aromatic rings. The predicted octanol–water partition coefficient (Wildman–Crippen LogP) is 5.38. The van der Waals surface area contributed by atoms with Gasteiger partial charge in [-0.1, -0.05) is 6.07 Å². The summed E-state index contributed by atoms with van der Waals surface area (Å²) in [6.45, 7) is 7.46. The number of esters is 1. The number of likely N-dealkylation sites (N-methyl/N-ethyl adjacent to an activating group) is 1. The van der Waals surface area contributed by atoms with Crippen molar-refractivity contribution in [3.63, 3.8) is 0 Å². The average Bonchev–Trinajstić information content (AvgIpc) is 3.05. The number of carbonyl (C=O) groups excluding carboxylic acids is 4. The smallest absolute Gasteiger partial charge is 0.311 e. The molecule has 236 valence electrons. The molecular formula is C35H39FN4O5. The number of nitrogens with one attached hydrogen (secondary N) is 1. The number of fused-ring (bicyclic) bond motifs is 1. The monoisotopic (exact) mass is 614 g/mol. The fraction of sp³-hybridized carbons (Fsp3) is 0.400. The molecule has 2 aromatic carbocycles. The molecule has 45 heavy (non-hydrogen) atoms. The summed E-state index contributed by atoms with van der Waals surface area (Å²) in [5.74, 6) is -1.56. The number of carbonyl (C=O) groups is 4. The van der Waals surface area contributed by atoms with Crippen LogP contribution >= 0.6 is 0 Å². The van der Waals surface area contributed by atoms with Crippen LogP contribution in [0.1, 0.15) is 73.2 Å². The van der Waals surface area contributed by atoms with E-state index in [1.54, 1.807) is 38.5 Å². The second-order valence-corrected chi connectivity index (χ2v) is 13.0. The Kier molecular flexibility index (Phi) is 9.04. The van der Waals surface area contributed by atoms with Crippen molar-refractivity contribution in [3.8, 4) is 11.1 Å². The van der Waals surface area contributed by atoms with Crippen LogP contribution in [0.3, 0.4) is 0 Å². The quantitative estimate of drug-likeness (QED) is 0.341. The zero-order valence-electron chi connectivity index (χ0n) is 26.3. The van der Waals surface area contributed by atoms with E-state index in [0.717, 1.165) is 36.5 Å². The summed E-state index contributed by atoms with van der Waals surface area (Å²) in [5.41, 5.74) is 2.58. The van der Waals surface area contributed by atoms with Crippen molar-refractivity contribution >= 4 is 29.4 Å². The number of hydrogen-bond donors (Lipinski definition) is 1. The lowest BCUT2D eigenvalue weighted by atomic mass is 9.80. The van der Waals surface area contributed by atoms with E-state index in [1.165, 1.54) is 15.9 Å². The minimum Gasteiger partial charge on any atom is -0.462 e. The molecule has 1 aliphatic carbocycles. The highest BCUT2D eigenvalue weighted by Gasteiger charge is 2.37. The summed E-state index contributed by atoms with van der Waals surface area (Å²) < 4.78 is 20.3. The van der Waals surface area contributed by atoms with Crippen molar-refractivity contribution in [1.29, 1.82) is 0 Å². The molecule has 1 saturated carbocycles. The third-order valence-electron chi connectivity index (χ3n) is 8.51. The SMILES string of the molecule is C[C@@H]1C(=O)N(C)c2cc(-c3ccncc3)ccc2C(=O)N1Cc1cc(F)cc(C(=O)NCCC2CC(OC(=O)C(C)(C)C)C2)c1. The fourth-order valence-corrected chi connectivity index (χ4v) is 5.68. The molecule has 1 aromatic heterocycles. The topological polar surface area (TPSA) is 109 Å². The minimum atomic E-state index is -0.825. The van der Waals surface area contributed by atoms with Gasteiger partial charge in [-0.05, 0) is 112 Å². The summed E-state index contributed by atoms with van der Waals surface area (Å²) >= 11 is 0. The van der Waals surface area contributed by atoms with Crippen LogP contribution in [0.4, 0.5) is 10.1 Å². The number of ether oxygens (including phenoxy) is 1. The van der Waals surface area contributed by atoms with Gasteiger partial charge in [0.1, 0.15) is 18.0 Å². The largest absolute Gasteiger partial charge is 0.462 e. The minimum absolute atomic E-state index is 0.0556. The molecular weight excluding hydrogens is 575 g/mol. The number of anilines is 1. The Morgan fingerprint density at radius 2 is 1.73 bits per heavy atom. The normalized spacial score (nSPS) is 19.8. The van der Waals surface area contributed by atoms with E-state index in [4.69, 9.17) is 4.74 Å². The summed E-state index contributed by atoms with van der Waals surface area (Å²) in [4.78, 5) is 59.2. The highest BCUT2D eigenvalue weighted by molar-refractivity contribution is 6.11. The van der Waals surface area contributed by atoms with Crippen LogP contribution in [0.15, 0.2) is 60.9 Å². The Morgan fingerprint density at radius 3 is 2.42 bits per heavy atom. The van der Waals surface area contributed by atoms with Crippen LogP contribution in [0.25, 0.3) is 11.1 Å². The van der Waals surface area contributed by atoms with Crippen LogP contribution < -0.4 is 10.2 Å². The Balaban J connectivity index is 1.24. The van der Waals surface area contributed by atoms with E-state index in [0.29, 0.717) is 29.3 Å². The van der Waals surface area contributed by atoms with Crippen molar-refractivity contribution in [2.75, 3.05) is 18.5 Å². The lowest BCUT2D eigenvalue weighted by Crippen LogP contribution is -2.45. The van der Waals surface area contributed by atoms with Gasteiger partial charge in [0, 0.05) is 38.1 Å². The van der Waals surface area contributed by atoms with E-state index in [2.05, 4.69) is 10.3 Å². The number of pyridine rings is 1. The van der Waals surface area contributed by atoms with Crippen molar-refractivity contribution < 1.29 is 28.3 Å². The van der Waals surface area contributed by atoms with Gasteiger partial charge in [0.25, 0.3) is 11.8 Å². The molecule has 5 rings (SSSR count). The number of hydrogen-bond acceptors (Lipinski definition) is 6. The van der Waals surface area contributed by atoms with E-state index in [-0.39, 0.29) is 36.0 Å². The van der Waals surface area contributed by atoms with E-state index in [1.807, 2.05) is 45.0 Å². The van der Waals surface area contributed by atoms with Crippen LogP contribution in [-0.2, 0) is 20.9 Å². The Labute approximate surface area is 262 Å². The first-order valence-corrected chi connectivity index (χ1v) is 15.2. The molecule has 2 aliphatic rings. The highest BCUT2D eigenvalue weighted by atomic mass is 19.1. The first-order valence-electron chi connectivity index (χ1n) is 15.2. The van der Waals surface area contributed by atoms with E-state index >= 15 is 0 Å². The molecule has 2 heterocycles. The maximum atomic E-state index is 14.7. The number of aromatic nitrogens is 1. The summed E-state index contributed by atoms with van der Waals surface area (Å²) in [6.07, 6.45) is 5.49. The van der Waals surface area contributed by atoms with Crippen LogP contribution in [0.5, 0.6) is 0 Å². The third-order valence-corrected chi connectivity index (χ3v) is 8.51. The second-order valence-electron chi connectivity index (χ2n) is 13.0. The van der Waals surface area contributed by atoms with Gasteiger partial charge in [-0.2, -0.15) is 0 Å². The van der Waals surface area contributed by atoms with E-state index in [9.17, 15) is 23.6 Å². The van der Waals surface area contributed by atoms with Crippen molar-refractivity contribution in [2.45, 2.75) is 65.6 Å². The maximum Gasteiger partial charge on any atom is 0.311 e. The zero-order valence-corrected chi connectivity index (χ0v) is 26.3. The van der Waals surface area contributed by atoms with Crippen molar-refractivity contribution in [2.24, 2.45) is 11.3 Å². The standard InChI is InChI=1S/C35H39FN4O5/c1-21-32(42)39(5)30-19-25(24-9-11-37-12-10-24)6-7-29(30)33(43)40(21)20-23-14-26(18-27(36)15-23)31(41)38-13-8-22-16-28(17-22)45-34(44)35(2,3)4/h6-7,9-12,14-15,18-19,21-22,28H,8,13,16-17,20H2,1-5H3,(H,38,41)/t21-,22?,28?/m1/s1. The second kappa shape index (κ2) is 12.8. The predicted molar refractivity (Wildman–Crippen MR) is 168 cm³/mol. The third kappa shape index (κ3) is 7.05. The zero-order chi connectivity index (χ0) is 32.5. The average molecular weight is 615 g/mol. The first-order chi connectivity index (χ1) is 21.3. The molecule has 0 saturated heterocycles. The van der Waals surface area contributed by atoms with Gasteiger partial charge < -0.3 is 19.9 Å². The van der Waals surface area contributed by atoms with Crippen LogP contribution in [0, 0.1) is 17.2 Å². The van der Waals surface area contributed by atoms with Crippen molar-refractivity contribution in [1.82, 2.24) is 15.2 Å². The van der Waals surface area contributed by atoms with Gasteiger partial charge in [0.05, 0.1) is 16.7 Å². The number of halogens is 1. The lowest BCUT2D eigenvalue weighted by Gasteiger charge is -2.36. The Bertz CT molecular complexity index is 1610. The molecule has 1 fully saturated rings. The Morgan fingerprint density at radius 1 is 1.02 bits per heavy atom. The highest BCUT2D eigenvalue weighted by Crippen LogP contribution is 2.35. The van der Waals surface area contributed by atoms with E-state index < -0.39 is 23.2 Å². The van der Waals surface area contributed by atoms with Gasteiger partial charge in [-0.15, -0.1) is 0 Å². The molecule has 10 heteroatoms. The molecule has 0 radical (unpaired) electrons. The first kappa shape index (κ1) is 31.8. The molecule has 3 amide bonds. The molecule has 1 aliphatic heterocycles. The summed E-state index contributed by atoms with van der Waals surface area (Å²) in [7, 11) is 1.64. The molecule has 1 N–H and O–H groups in total. The molecule has 0 unspecified atom stereocenters.